The summed E-state index contributed by atoms with van der Waals surface area (Å²) in [6.07, 6.45) is 1.12. The SMILES string of the molecule is C[C@@H]1Cc2cc(-c3cc(CNC(=O)c4cccs4)no3)ccc2O1. The highest BCUT2D eigenvalue weighted by molar-refractivity contribution is 7.12. The number of hydrogen-bond acceptors (Lipinski definition) is 5. The smallest absolute Gasteiger partial charge is 0.261 e. The average Bonchev–Trinajstić information content (AvgIpc) is 3.31. The Hall–Kier alpha value is -2.60. The molecule has 0 saturated heterocycles. The van der Waals surface area contributed by atoms with Gasteiger partial charge in [-0.05, 0) is 42.1 Å². The first-order valence-electron chi connectivity index (χ1n) is 7.76. The molecule has 6 heteroatoms. The van der Waals surface area contributed by atoms with Crippen molar-refractivity contribution in [1.29, 1.82) is 0 Å². The number of amides is 1. The van der Waals surface area contributed by atoms with Crippen LogP contribution < -0.4 is 10.1 Å². The molecule has 0 unspecified atom stereocenters. The van der Waals surface area contributed by atoms with Crippen LogP contribution in [0.3, 0.4) is 0 Å². The van der Waals surface area contributed by atoms with E-state index >= 15 is 0 Å². The van der Waals surface area contributed by atoms with Gasteiger partial charge in [-0.25, -0.2) is 0 Å². The summed E-state index contributed by atoms with van der Waals surface area (Å²) in [5.74, 6) is 1.53. The van der Waals surface area contributed by atoms with E-state index in [2.05, 4.69) is 23.5 Å². The second kappa shape index (κ2) is 6.13. The second-order valence-electron chi connectivity index (χ2n) is 5.80. The molecule has 1 aromatic carbocycles. The first kappa shape index (κ1) is 15.0. The van der Waals surface area contributed by atoms with Crippen molar-refractivity contribution in [2.75, 3.05) is 0 Å². The van der Waals surface area contributed by atoms with E-state index in [-0.39, 0.29) is 12.0 Å². The largest absolute Gasteiger partial charge is 0.490 e. The number of aromatic nitrogens is 1. The van der Waals surface area contributed by atoms with Gasteiger partial charge in [0.1, 0.15) is 17.5 Å². The molecule has 0 fully saturated rings. The fourth-order valence-electron chi connectivity index (χ4n) is 2.77. The Kier molecular flexibility index (Phi) is 3.82. The third-order valence-electron chi connectivity index (χ3n) is 3.91. The van der Waals surface area contributed by atoms with Gasteiger partial charge in [-0.3, -0.25) is 4.79 Å². The minimum absolute atomic E-state index is 0.0989. The molecular formula is C18H16N2O3S. The summed E-state index contributed by atoms with van der Waals surface area (Å²) in [4.78, 5) is 12.6. The van der Waals surface area contributed by atoms with Gasteiger partial charge in [0.05, 0.1) is 11.4 Å². The predicted molar refractivity (Wildman–Crippen MR) is 91.2 cm³/mol. The van der Waals surface area contributed by atoms with Crippen LogP contribution in [0.25, 0.3) is 11.3 Å². The number of ether oxygens (including phenoxy) is 1. The maximum Gasteiger partial charge on any atom is 0.261 e. The number of thiophene rings is 1. The van der Waals surface area contributed by atoms with Crippen LogP contribution in [0.4, 0.5) is 0 Å². The molecule has 1 atom stereocenters. The zero-order valence-corrected chi connectivity index (χ0v) is 13.9. The molecule has 1 amide bonds. The monoisotopic (exact) mass is 340 g/mol. The van der Waals surface area contributed by atoms with Crippen molar-refractivity contribution in [3.63, 3.8) is 0 Å². The number of carbonyl (C=O) groups is 1. The normalized spacial score (nSPS) is 15.8. The highest BCUT2D eigenvalue weighted by Gasteiger charge is 2.20. The van der Waals surface area contributed by atoms with Crippen LogP contribution in [0.1, 0.15) is 27.9 Å². The fraction of sp³-hybridized carbons (Fsp3) is 0.222. The van der Waals surface area contributed by atoms with E-state index in [1.165, 1.54) is 16.9 Å². The molecule has 5 nitrogen and oxygen atoms in total. The van der Waals surface area contributed by atoms with E-state index in [1.807, 2.05) is 29.6 Å². The number of hydrogen-bond donors (Lipinski definition) is 1. The summed E-state index contributed by atoms with van der Waals surface area (Å²) < 4.78 is 11.1. The number of carbonyl (C=O) groups excluding carboxylic acids is 1. The molecule has 1 N–H and O–H groups in total. The summed E-state index contributed by atoms with van der Waals surface area (Å²) in [7, 11) is 0. The average molecular weight is 340 g/mol. The van der Waals surface area contributed by atoms with Gasteiger partial charge in [-0.2, -0.15) is 0 Å². The first-order chi connectivity index (χ1) is 11.7. The molecule has 0 saturated carbocycles. The van der Waals surface area contributed by atoms with Crippen LogP contribution in [0.2, 0.25) is 0 Å². The van der Waals surface area contributed by atoms with Crippen molar-refractivity contribution in [3.8, 4) is 17.1 Å². The van der Waals surface area contributed by atoms with E-state index in [0.29, 0.717) is 22.9 Å². The Morgan fingerprint density at radius 2 is 2.29 bits per heavy atom. The fourth-order valence-corrected chi connectivity index (χ4v) is 3.41. The van der Waals surface area contributed by atoms with Crippen molar-refractivity contribution in [1.82, 2.24) is 10.5 Å². The third-order valence-corrected chi connectivity index (χ3v) is 4.78. The minimum atomic E-state index is -0.0989. The standard InChI is InChI=1S/C18H16N2O3S/c1-11-7-13-8-12(4-5-15(13)22-11)16-9-14(20-23-16)10-19-18(21)17-3-2-6-24-17/h2-6,8-9,11H,7,10H2,1H3,(H,19,21)/t11-/m1/s1. The zero-order chi connectivity index (χ0) is 16.5. The third kappa shape index (κ3) is 2.92. The molecule has 0 aliphatic carbocycles. The van der Waals surface area contributed by atoms with Gasteiger partial charge in [0.25, 0.3) is 5.91 Å². The molecule has 1 aliphatic heterocycles. The number of rotatable bonds is 4. The van der Waals surface area contributed by atoms with E-state index in [1.54, 1.807) is 6.07 Å². The lowest BCUT2D eigenvalue weighted by molar-refractivity contribution is 0.0954. The van der Waals surface area contributed by atoms with Gasteiger partial charge in [0.15, 0.2) is 5.76 Å². The molecule has 122 valence electrons. The zero-order valence-electron chi connectivity index (χ0n) is 13.1. The maximum absolute atomic E-state index is 11.9. The lowest BCUT2D eigenvalue weighted by atomic mass is 10.1. The van der Waals surface area contributed by atoms with Crippen LogP contribution in [0.15, 0.2) is 46.3 Å². The Morgan fingerprint density at radius 1 is 1.38 bits per heavy atom. The molecular weight excluding hydrogens is 324 g/mol. The van der Waals surface area contributed by atoms with Crippen molar-refractivity contribution in [2.45, 2.75) is 26.0 Å². The molecule has 0 bridgehead atoms. The second-order valence-corrected chi connectivity index (χ2v) is 6.75. The van der Waals surface area contributed by atoms with E-state index in [4.69, 9.17) is 9.26 Å². The summed E-state index contributed by atoms with van der Waals surface area (Å²) in [6, 6.07) is 11.5. The van der Waals surface area contributed by atoms with Crippen LogP contribution in [-0.2, 0) is 13.0 Å². The highest BCUT2D eigenvalue weighted by atomic mass is 32.1. The van der Waals surface area contributed by atoms with E-state index in [9.17, 15) is 4.79 Å². The quantitative estimate of drug-likeness (QED) is 0.787. The van der Waals surface area contributed by atoms with Crippen molar-refractivity contribution < 1.29 is 14.1 Å². The van der Waals surface area contributed by atoms with Crippen LogP contribution >= 0.6 is 11.3 Å². The van der Waals surface area contributed by atoms with Crippen LogP contribution in [0.5, 0.6) is 5.75 Å². The summed E-state index contributed by atoms with van der Waals surface area (Å²) in [5.41, 5.74) is 2.85. The molecule has 2 aromatic heterocycles. The highest BCUT2D eigenvalue weighted by Crippen LogP contribution is 2.33. The lowest BCUT2D eigenvalue weighted by Crippen LogP contribution is -2.21. The number of benzene rings is 1. The Labute approximate surface area is 143 Å². The van der Waals surface area contributed by atoms with Crippen molar-refractivity contribution in [2.24, 2.45) is 0 Å². The molecule has 24 heavy (non-hydrogen) atoms. The number of fused-ring (bicyclic) bond motifs is 1. The number of nitrogens with zero attached hydrogens (tertiary/aromatic N) is 1. The molecule has 0 radical (unpaired) electrons. The van der Waals surface area contributed by atoms with Gasteiger partial charge in [0.2, 0.25) is 0 Å². The molecule has 3 heterocycles. The van der Waals surface area contributed by atoms with Crippen molar-refractivity contribution in [3.05, 3.63) is 57.9 Å². The Morgan fingerprint density at radius 3 is 3.12 bits per heavy atom. The van der Waals surface area contributed by atoms with Crippen LogP contribution in [-0.4, -0.2) is 17.2 Å². The number of nitrogens with one attached hydrogen (secondary N) is 1. The molecule has 0 spiro atoms. The van der Waals surface area contributed by atoms with Gasteiger partial charge >= 0.3 is 0 Å². The predicted octanol–water partition coefficient (Wildman–Crippen LogP) is 3.66. The van der Waals surface area contributed by atoms with Crippen LogP contribution in [0, 0.1) is 0 Å². The topological polar surface area (TPSA) is 64.4 Å². The van der Waals surface area contributed by atoms with Gasteiger partial charge in [-0.1, -0.05) is 11.2 Å². The Bertz CT molecular complexity index is 870. The maximum atomic E-state index is 11.9. The Balaban J connectivity index is 1.45. The summed E-state index contributed by atoms with van der Waals surface area (Å²) in [6.45, 7) is 2.40. The van der Waals surface area contributed by atoms with Gasteiger partial charge in [-0.15, -0.1) is 11.3 Å². The molecule has 3 aromatic rings. The van der Waals surface area contributed by atoms with E-state index < -0.39 is 0 Å². The first-order valence-corrected chi connectivity index (χ1v) is 8.64. The summed E-state index contributed by atoms with van der Waals surface area (Å²) in [5, 5.41) is 8.76. The molecule has 4 rings (SSSR count). The van der Waals surface area contributed by atoms with Crippen molar-refractivity contribution >= 4 is 17.2 Å². The minimum Gasteiger partial charge on any atom is -0.490 e. The van der Waals surface area contributed by atoms with Gasteiger partial charge < -0.3 is 14.6 Å². The van der Waals surface area contributed by atoms with Gasteiger partial charge in [0, 0.05) is 18.1 Å². The van der Waals surface area contributed by atoms with E-state index in [0.717, 1.165) is 17.7 Å². The summed E-state index contributed by atoms with van der Waals surface area (Å²) >= 11 is 1.41. The lowest BCUT2D eigenvalue weighted by Gasteiger charge is -2.02. The molecule has 1 aliphatic rings.